The molecular formula is C23H22N4O6S2. The normalized spacial score (nSPS) is 16.7. The van der Waals surface area contributed by atoms with Crippen LogP contribution >= 0.6 is 11.8 Å². The van der Waals surface area contributed by atoms with Crippen LogP contribution in [-0.4, -0.2) is 61.3 Å². The topological polar surface area (TPSA) is 131 Å². The van der Waals surface area contributed by atoms with Crippen LogP contribution in [0.2, 0.25) is 0 Å². The number of nitrogens with zero attached hydrogens (tertiary/aromatic N) is 3. The molecule has 2 aromatic carbocycles. The number of rotatable bonds is 7. The van der Waals surface area contributed by atoms with Crippen LogP contribution in [0.5, 0.6) is 17.2 Å². The van der Waals surface area contributed by atoms with E-state index in [1.165, 1.54) is 13.2 Å². The number of benzene rings is 2. The SMILES string of the molecule is COc1cc(/C=C2\C(=N)N3N=C(S(C)(=O)=O)SC3=NC2=O)ccc1OCCOc1ccccc1C. The van der Waals surface area contributed by atoms with E-state index < -0.39 is 15.7 Å². The third kappa shape index (κ3) is 5.38. The van der Waals surface area contributed by atoms with E-state index in [2.05, 4.69) is 10.1 Å². The van der Waals surface area contributed by atoms with Crippen molar-refractivity contribution in [2.45, 2.75) is 6.92 Å². The third-order valence-electron chi connectivity index (χ3n) is 4.94. The first kappa shape index (κ1) is 24.5. The monoisotopic (exact) mass is 514 g/mol. The Morgan fingerprint density at radius 2 is 1.80 bits per heavy atom. The molecule has 2 aliphatic rings. The fourth-order valence-electron chi connectivity index (χ4n) is 3.21. The molecule has 0 spiro atoms. The van der Waals surface area contributed by atoms with Crippen LogP contribution in [0.1, 0.15) is 11.1 Å². The van der Waals surface area contributed by atoms with Crippen molar-refractivity contribution in [2.75, 3.05) is 26.6 Å². The van der Waals surface area contributed by atoms with Crippen molar-refractivity contribution in [2.24, 2.45) is 10.1 Å². The van der Waals surface area contributed by atoms with Gasteiger partial charge in [0, 0.05) is 6.26 Å². The second-order valence-corrected chi connectivity index (χ2v) is 10.7. The van der Waals surface area contributed by atoms with E-state index >= 15 is 0 Å². The molecule has 0 bridgehead atoms. The lowest BCUT2D eigenvalue weighted by Crippen LogP contribution is -2.35. The summed E-state index contributed by atoms with van der Waals surface area (Å²) in [6, 6.07) is 12.8. The zero-order chi connectivity index (χ0) is 25.2. The van der Waals surface area contributed by atoms with E-state index in [9.17, 15) is 13.2 Å². The van der Waals surface area contributed by atoms with Crippen molar-refractivity contribution in [1.82, 2.24) is 5.01 Å². The van der Waals surface area contributed by atoms with Gasteiger partial charge in [-0.05, 0) is 54.1 Å². The van der Waals surface area contributed by atoms with Gasteiger partial charge in [0.05, 0.1) is 12.7 Å². The molecule has 1 amide bonds. The Balaban J connectivity index is 1.47. The number of aryl methyl sites for hydroxylation is 1. The molecule has 2 aromatic rings. The van der Waals surface area contributed by atoms with Gasteiger partial charge in [-0.1, -0.05) is 24.3 Å². The summed E-state index contributed by atoms with van der Waals surface area (Å²) in [5.74, 6) is 0.792. The highest BCUT2D eigenvalue weighted by Gasteiger charge is 2.38. The number of hydrogen-bond acceptors (Lipinski definition) is 9. The molecule has 1 N–H and O–H groups in total. The fourth-order valence-corrected chi connectivity index (χ4v) is 4.89. The second-order valence-electron chi connectivity index (χ2n) is 7.53. The van der Waals surface area contributed by atoms with E-state index in [0.717, 1.165) is 34.3 Å². The summed E-state index contributed by atoms with van der Waals surface area (Å²) in [5.41, 5.74) is 1.57. The summed E-state index contributed by atoms with van der Waals surface area (Å²) in [6.07, 6.45) is 2.47. The Morgan fingerprint density at radius 1 is 1.09 bits per heavy atom. The molecule has 0 radical (unpaired) electrons. The molecule has 12 heteroatoms. The van der Waals surface area contributed by atoms with Crippen molar-refractivity contribution in [3.8, 4) is 17.2 Å². The lowest BCUT2D eigenvalue weighted by atomic mass is 10.1. The third-order valence-corrected chi connectivity index (χ3v) is 7.52. The Morgan fingerprint density at radius 3 is 2.49 bits per heavy atom. The zero-order valence-corrected chi connectivity index (χ0v) is 20.8. The maximum absolute atomic E-state index is 12.5. The van der Waals surface area contributed by atoms with E-state index in [1.54, 1.807) is 18.2 Å². The van der Waals surface area contributed by atoms with Gasteiger partial charge in [-0.2, -0.15) is 10.0 Å². The van der Waals surface area contributed by atoms with Crippen LogP contribution in [0.25, 0.3) is 6.08 Å². The molecule has 182 valence electrons. The van der Waals surface area contributed by atoms with Gasteiger partial charge in [0.15, 0.2) is 17.3 Å². The largest absolute Gasteiger partial charge is 0.493 e. The molecule has 0 aromatic heterocycles. The molecule has 0 fully saturated rings. The first-order valence-electron chi connectivity index (χ1n) is 10.4. The number of para-hydroxylation sites is 1. The molecule has 35 heavy (non-hydrogen) atoms. The van der Waals surface area contributed by atoms with Crippen LogP contribution in [0, 0.1) is 12.3 Å². The fraction of sp³-hybridized carbons (Fsp3) is 0.217. The molecule has 0 saturated heterocycles. The van der Waals surface area contributed by atoms with E-state index in [0.29, 0.717) is 30.3 Å². The highest BCUT2D eigenvalue weighted by atomic mass is 32.3. The van der Waals surface area contributed by atoms with Crippen molar-refractivity contribution in [1.29, 1.82) is 5.41 Å². The number of sulfone groups is 1. The number of aliphatic imine (C=N–C) groups is 1. The summed E-state index contributed by atoms with van der Waals surface area (Å²) in [6.45, 7) is 2.60. The number of thioether (sulfide) groups is 1. The molecule has 0 atom stereocenters. The minimum absolute atomic E-state index is 0.0322. The molecule has 4 rings (SSSR count). The van der Waals surface area contributed by atoms with Gasteiger partial charge in [0.2, 0.25) is 19.4 Å². The van der Waals surface area contributed by atoms with Gasteiger partial charge in [0.25, 0.3) is 5.91 Å². The predicted octanol–water partition coefficient (Wildman–Crippen LogP) is 3.08. The summed E-state index contributed by atoms with van der Waals surface area (Å²) >= 11 is 0.736. The Labute approximate surface area is 206 Å². The van der Waals surface area contributed by atoms with Gasteiger partial charge in [0.1, 0.15) is 19.0 Å². The van der Waals surface area contributed by atoms with Gasteiger partial charge in [-0.15, -0.1) is 5.10 Å². The van der Waals surface area contributed by atoms with Crippen LogP contribution in [0.4, 0.5) is 0 Å². The average molecular weight is 515 g/mol. The number of methoxy groups -OCH3 is 1. The highest BCUT2D eigenvalue weighted by Crippen LogP contribution is 2.32. The number of hydrazone groups is 1. The summed E-state index contributed by atoms with van der Waals surface area (Å²) in [7, 11) is -2.10. The average Bonchev–Trinajstić information content (AvgIpc) is 3.26. The summed E-state index contributed by atoms with van der Waals surface area (Å²) < 4.78 is 40.3. The zero-order valence-electron chi connectivity index (χ0n) is 19.1. The maximum atomic E-state index is 12.5. The molecule has 0 aliphatic carbocycles. The maximum Gasteiger partial charge on any atom is 0.283 e. The van der Waals surface area contributed by atoms with Gasteiger partial charge in [-0.25, -0.2) is 8.42 Å². The molecular weight excluding hydrogens is 492 g/mol. The number of ether oxygens (including phenoxy) is 3. The van der Waals surface area contributed by atoms with Crippen LogP contribution in [-0.2, 0) is 14.6 Å². The Kier molecular flexibility index (Phi) is 6.94. The predicted molar refractivity (Wildman–Crippen MR) is 135 cm³/mol. The highest BCUT2D eigenvalue weighted by molar-refractivity contribution is 8.42. The molecule has 10 nitrogen and oxygen atoms in total. The Bertz CT molecular complexity index is 1400. The lowest BCUT2D eigenvalue weighted by molar-refractivity contribution is -0.114. The smallest absolute Gasteiger partial charge is 0.283 e. The quantitative estimate of drug-likeness (QED) is 0.441. The first-order valence-corrected chi connectivity index (χ1v) is 13.1. The van der Waals surface area contributed by atoms with Crippen LogP contribution < -0.4 is 14.2 Å². The summed E-state index contributed by atoms with van der Waals surface area (Å²) in [4.78, 5) is 16.4. The van der Waals surface area contributed by atoms with Gasteiger partial charge < -0.3 is 14.2 Å². The second kappa shape index (κ2) is 9.92. The van der Waals surface area contributed by atoms with Crippen molar-refractivity contribution in [3.05, 3.63) is 59.2 Å². The van der Waals surface area contributed by atoms with E-state index in [-0.39, 0.29) is 21.0 Å². The molecule has 0 saturated carbocycles. The van der Waals surface area contributed by atoms with Crippen LogP contribution in [0.15, 0.2) is 58.1 Å². The van der Waals surface area contributed by atoms with Gasteiger partial charge >= 0.3 is 0 Å². The number of nitrogens with one attached hydrogen (secondary N) is 1. The minimum Gasteiger partial charge on any atom is -0.493 e. The van der Waals surface area contributed by atoms with Crippen molar-refractivity contribution >= 4 is 49.0 Å². The number of amides is 1. The van der Waals surface area contributed by atoms with Gasteiger partial charge in [-0.3, -0.25) is 10.2 Å². The van der Waals surface area contributed by atoms with Crippen LogP contribution in [0.3, 0.4) is 0 Å². The Hall–Kier alpha value is -3.64. The van der Waals surface area contributed by atoms with Crippen molar-refractivity contribution < 1.29 is 27.4 Å². The van der Waals surface area contributed by atoms with Crippen molar-refractivity contribution in [3.63, 3.8) is 0 Å². The molecule has 0 unspecified atom stereocenters. The van der Waals surface area contributed by atoms with E-state index in [1.807, 2.05) is 31.2 Å². The standard InChI is InChI=1S/C23H22N4O6S2/c1-14-6-4-5-7-17(14)32-10-11-33-18-9-8-15(13-19(18)31-2)12-16-20(24)27-22(25-21(16)28)34-23(26-27)35(3,29)30/h4-9,12-13,24H,10-11H2,1-3H3/b16-12+,24-20?. The van der Waals surface area contributed by atoms with E-state index in [4.69, 9.17) is 19.6 Å². The minimum atomic E-state index is -3.60. The molecule has 2 heterocycles. The number of fused-ring (bicyclic) bond motifs is 1. The number of amidine groups is 2. The number of hydrogen-bond donors (Lipinski definition) is 1. The lowest BCUT2D eigenvalue weighted by Gasteiger charge is -2.20. The summed E-state index contributed by atoms with van der Waals surface area (Å²) in [5, 5.41) is 13.4. The number of carbonyl (C=O) groups excluding carboxylic acids is 1. The molecule has 2 aliphatic heterocycles. The first-order chi connectivity index (χ1) is 16.7. The number of carbonyl (C=O) groups is 1.